The van der Waals surface area contributed by atoms with Gasteiger partial charge in [0.15, 0.2) is 5.78 Å². The summed E-state index contributed by atoms with van der Waals surface area (Å²) in [5.74, 6) is -0.200. The predicted octanol–water partition coefficient (Wildman–Crippen LogP) is 1.95. The highest BCUT2D eigenvalue weighted by molar-refractivity contribution is 5.94. The fraction of sp³-hybridized carbons (Fsp3) is 0.545. The second-order valence-corrected chi connectivity index (χ2v) is 4.07. The van der Waals surface area contributed by atoms with Crippen molar-refractivity contribution in [2.75, 3.05) is 0 Å². The Labute approximate surface area is 88.5 Å². The van der Waals surface area contributed by atoms with Gasteiger partial charge in [0, 0.05) is 12.5 Å². The highest BCUT2D eigenvalue weighted by atomic mass is 16.1. The Morgan fingerprint density at radius 1 is 1.80 bits per heavy atom. The molecule has 0 N–H and O–H groups in total. The summed E-state index contributed by atoms with van der Waals surface area (Å²) in [6.07, 6.45) is 5.86. The zero-order valence-corrected chi connectivity index (χ0v) is 8.68. The van der Waals surface area contributed by atoms with Crippen LogP contribution in [-0.2, 0) is 0 Å². The van der Waals surface area contributed by atoms with E-state index in [9.17, 15) is 4.79 Å². The molecule has 0 radical (unpaired) electrons. The van der Waals surface area contributed by atoms with E-state index in [4.69, 9.17) is 5.26 Å². The number of nitrogens with zero attached hydrogens (tertiary/aromatic N) is 3. The first kappa shape index (κ1) is 9.91. The number of hydrogen-bond acceptors (Lipinski definition) is 3. The first-order valence-corrected chi connectivity index (χ1v) is 5.17. The number of carbonyl (C=O) groups is 1. The largest absolute Gasteiger partial charge is 0.325 e. The molecule has 1 aromatic heterocycles. The number of Topliss-reactive ketones (excluding diaryl/α,β-unsaturated/α-hetero) is 1. The Hall–Kier alpha value is -1.63. The molecule has 0 bridgehead atoms. The highest BCUT2D eigenvalue weighted by Gasteiger charge is 2.27. The monoisotopic (exact) mass is 203 g/mol. The maximum absolute atomic E-state index is 11.8. The molecule has 4 heteroatoms. The average Bonchev–Trinajstić information content (AvgIpc) is 2.95. The minimum absolute atomic E-state index is 0.0217. The Morgan fingerprint density at radius 2 is 2.53 bits per heavy atom. The zero-order valence-electron chi connectivity index (χ0n) is 8.68. The summed E-state index contributed by atoms with van der Waals surface area (Å²) in [6.45, 7) is 1.76. The lowest BCUT2D eigenvalue weighted by Gasteiger charge is -2.05. The molecule has 1 unspecified atom stereocenters. The lowest BCUT2D eigenvalue weighted by atomic mass is 10.1. The van der Waals surface area contributed by atoms with Gasteiger partial charge >= 0.3 is 0 Å². The molecule has 0 spiro atoms. The van der Waals surface area contributed by atoms with Crippen LogP contribution in [0.1, 0.15) is 42.7 Å². The number of aromatic nitrogens is 2. The average molecular weight is 203 g/mol. The van der Waals surface area contributed by atoms with Crippen LogP contribution in [0.4, 0.5) is 0 Å². The summed E-state index contributed by atoms with van der Waals surface area (Å²) >= 11 is 0. The smallest absolute Gasteiger partial charge is 0.182 e. The van der Waals surface area contributed by atoms with Crippen molar-refractivity contribution in [1.82, 2.24) is 9.55 Å². The molecule has 0 aliphatic heterocycles. The van der Waals surface area contributed by atoms with E-state index in [1.165, 1.54) is 0 Å². The van der Waals surface area contributed by atoms with Gasteiger partial charge in [-0.25, -0.2) is 4.98 Å². The third-order valence-corrected chi connectivity index (χ3v) is 2.60. The molecule has 1 fully saturated rings. The SMILES string of the molecule is CC(C#N)CC(=O)c1cncn1C1CC1. The molecule has 4 nitrogen and oxygen atoms in total. The van der Waals surface area contributed by atoms with E-state index in [-0.39, 0.29) is 18.1 Å². The second-order valence-electron chi connectivity index (χ2n) is 4.07. The number of rotatable bonds is 4. The van der Waals surface area contributed by atoms with Crippen molar-refractivity contribution in [3.8, 4) is 6.07 Å². The maximum atomic E-state index is 11.8. The molecule has 78 valence electrons. The van der Waals surface area contributed by atoms with Gasteiger partial charge in [-0.3, -0.25) is 4.79 Å². The van der Waals surface area contributed by atoms with Gasteiger partial charge in [-0.1, -0.05) is 0 Å². The van der Waals surface area contributed by atoms with Gasteiger partial charge in [0.25, 0.3) is 0 Å². The number of nitriles is 1. The molecule has 1 aromatic rings. The summed E-state index contributed by atoms with van der Waals surface area (Å²) in [5.41, 5.74) is 0.652. The van der Waals surface area contributed by atoms with Gasteiger partial charge in [0.2, 0.25) is 0 Å². The number of hydrogen-bond donors (Lipinski definition) is 0. The summed E-state index contributed by atoms with van der Waals surface area (Å²) in [4.78, 5) is 15.8. The van der Waals surface area contributed by atoms with Crippen molar-refractivity contribution in [3.63, 3.8) is 0 Å². The third kappa shape index (κ3) is 2.07. The molecule has 1 aliphatic rings. The third-order valence-electron chi connectivity index (χ3n) is 2.60. The van der Waals surface area contributed by atoms with Crippen LogP contribution in [0.5, 0.6) is 0 Å². The van der Waals surface area contributed by atoms with Gasteiger partial charge in [-0.2, -0.15) is 5.26 Å². The molecule has 0 amide bonds. The first-order chi connectivity index (χ1) is 7.22. The summed E-state index contributed by atoms with van der Waals surface area (Å²) in [5, 5.41) is 8.65. The van der Waals surface area contributed by atoms with Crippen LogP contribution < -0.4 is 0 Å². The van der Waals surface area contributed by atoms with Crippen LogP contribution in [-0.4, -0.2) is 15.3 Å². The molecule has 1 atom stereocenters. The zero-order chi connectivity index (χ0) is 10.8. The number of imidazole rings is 1. The van der Waals surface area contributed by atoms with Crippen LogP contribution in [0.15, 0.2) is 12.5 Å². The van der Waals surface area contributed by atoms with Crippen molar-refractivity contribution in [2.24, 2.45) is 5.92 Å². The Morgan fingerprint density at radius 3 is 3.13 bits per heavy atom. The fourth-order valence-corrected chi connectivity index (χ4v) is 1.59. The van der Waals surface area contributed by atoms with E-state index < -0.39 is 0 Å². The Balaban J connectivity index is 2.11. The molecule has 0 aromatic carbocycles. The van der Waals surface area contributed by atoms with E-state index >= 15 is 0 Å². The predicted molar refractivity (Wildman–Crippen MR) is 54.2 cm³/mol. The topological polar surface area (TPSA) is 58.7 Å². The van der Waals surface area contributed by atoms with E-state index in [0.717, 1.165) is 12.8 Å². The van der Waals surface area contributed by atoms with E-state index in [1.54, 1.807) is 19.4 Å². The molecule has 1 aliphatic carbocycles. The number of carbonyl (C=O) groups excluding carboxylic acids is 1. The van der Waals surface area contributed by atoms with Crippen LogP contribution in [0.3, 0.4) is 0 Å². The Bertz CT molecular complexity index is 412. The Kier molecular flexibility index (Phi) is 2.55. The molecule has 2 rings (SSSR count). The van der Waals surface area contributed by atoms with Gasteiger partial charge in [0.05, 0.1) is 24.5 Å². The first-order valence-electron chi connectivity index (χ1n) is 5.17. The quantitative estimate of drug-likeness (QED) is 0.703. The molecule has 1 heterocycles. The van der Waals surface area contributed by atoms with Crippen LogP contribution in [0.2, 0.25) is 0 Å². The number of ketones is 1. The lowest BCUT2D eigenvalue weighted by molar-refractivity contribution is 0.0963. The normalized spacial score (nSPS) is 17.1. The van der Waals surface area contributed by atoms with Crippen molar-refractivity contribution in [1.29, 1.82) is 5.26 Å². The van der Waals surface area contributed by atoms with Crippen molar-refractivity contribution in [2.45, 2.75) is 32.2 Å². The standard InChI is InChI=1S/C11H13N3O/c1-8(5-12)4-11(15)10-6-13-7-14(10)9-2-3-9/h6-9H,2-4H2,1H3. The summed E-state index contributed by atoms with van der Waals surface area (Å²) in [7, 11) is 0. The van der Waals surface area contributed by atoms with Crippen molar-refractivity contribution < 1.29 is 4.79 Å². The fourth-order valence-electron chi connectivity index (χ4n) is 1.59. The second kappa shape index (κ2) is 3.85. The van der Waals surface area contributed by atoms with Crippen molar-refractivity contribution >= 4 is 5.78 Å². The summed E-state index contributed by atoms with van der Waals surface area (Å²) < 4.78 is 1.94. The minimum atomic E-state index is -0.222. The van der Waals surface area contributed by atoms with Gasteiger partial charge in [0.1, 0.15) is 5.69 Å². The minimum Gasteiger partial charge on any atom is -0.325 e. The lowest BCUT2D eigenvalue weighted by Crippen LogP contribution is -2.10. The van der Waals surface area contributed by atoms with Crippen LogP contribution in [0, 0.1) is 17.2 Å². The van der Waals surface area contributed by atoms with Gasteiger partial charge in [-0.15, -0.1) is 0 Å². The highest BCUT2D eigenvalue weighted by Crippen LogP contribution is 2.35. The molecule has 15 heavy (non-hydrogen) atoms. The van der Waals surface area contributed by atoms with Crippen molar-refractivity contribution in [3.05, 3.63) is 18.2 Å². The maximum Gasteiger partial charge on any atom is 0.182 e. The van der Waals surface area contributed by atoms with E-state index in [0.29, 0.717) is 11.7 Å². The van der Waals surface area contributed by atoms with Gasteiger partial charge in [-0.05, 0) is 19.8 Å². The van der Waals surface area contributed by atoms with Gasteiger partial charge < -0.3 is 4.57 Å². The van der Waals surface area contributed by atoms with Crippen LogP contribution >= 0.6 is 0 Å². The molecule has 0 saturated heterocycles. The van der Waals surface area contributed by atoms with Crippen LogP contribution in [0.25, 0.3) is 0 Å². The molecular weight excluding hydrogens is 190 g/mol. The van der Waals surface area contributed by atoms with E-state index in [2.05, 4.69) is 11.1 Å². The molecular formula is C11H13N3O. The van der Waals surface area contributed by atoms with E-state index in [1.807, 2.05) is 4.57 Å². The molecule has 1 saturated carbocycles. The summed E-state index contributed by atoms with van der Waals surface area (Å²) in [6, 6.07) is 2.53.